The molecule has 1 aromatic heterocycles. The average molecular weight is 1070 g/mol. The number of fused-ring (bicyclic) bond motifs is 5. The van der Waals surface area contributed by atoms with Crippen molar-refractivity contribution in [3.63, 3.8) is 0 Å². The van der Waals surface area contributed by atoms with Crippen molar-refractivity contribution >= 4 is 40.5 Å². The number of carbonyl (C=O) groups excluding carboxylic acids is 4. The van der Waals surface area contributed by atoms with E-state index in [9.17, 15) is 5.11 Å². The van der Waals surface area contributed by atoms with E-state index in [0.29, 0.717) is 45.9 Å². The van der Waals surface area contributed by atoms with Crippen molar-refractivity contribution in [2.24, 2.45) is 5.92 Å². The molecule has 4 amide bonds. The van der Waals surface area contributed by atoms with Crippen LogP contribution in [0.4, 0.5) is 10.5 Å². The number of benzene rings is 7. The Labute approximate surface area is 462 Å². The molecular formula is C64H57N7O9. The third-order valence-electron chi connectivity index (χ3n) is 16.0. The Morgan fingerprint density at radius 3 is 2.21 bits per heavy atom. The smallest absolute Gasteiger partial charge is 0.329 e. The van der Waals surface area contributed by atoms with Gasteiger partial charge in [0.25, 0.3) is 0 Å². The first-order valence-corrected chi connectivity index (χ1v) is 26.7. The molecule has 7 aromatic carbocycles. The van der Waals surface area contributed by atoms with Crippen LogP contribution in [0.2, 0.25) is 0 Å². The molecule has 2 saturated heterocycles. The van der Waals surface area contributed by atoms with Gasteiger partial charge >= 0.3 is 12.0 Å². The number of amides is 4. The minimum Gasteiger partial charge on any atom is -0.493 e. The molecule has 16 nitrogen and oxygen atoms in total. The lowest BCUT2D eigenvalue weighted by atomic mass is 9.64. The quantitative estimate of drug-likeness (QED) is 0.0881. The van der Waals surface area contributed by atoms with Crippen LogP contribution >= 0.6 is 0 Å². The van der Waals surface area contributed by atoms with Gasteiger partial charge in [-0.15, -0.1) is 5.10 Å². The number of aromatic nitrogens is 3. The zero-order valence-corrected chi connectivity index (χ0v) is 44.3. The summed E-state index contributed by atoms with van der Waals surface area (Å²) in [4.78, 5) is 70.2. The molecule has 0 saturated carbocycles. The van der Waals surface area contributed by atoms with Gasteiger partial charge < -0.3 is 34.3 Å². The summed E-state index contributed by atoms with van der Waals surface area (Å²) < 4.78 is 26.0. The van der Waals surface area contributed by atoms with E-state index in [1.54, 1.807) is 60.2 Å². The van der Waals surface area contributed by atoms with Crippen molar-refractivity contribution in [2.75, 3.05) is 38.9 Å². The molecule has 402 valence electrons. The number of esters is 1. The van der Waals surface area contributed by atoms with Gasteiger partial charge in [-0.3, -0.25) is 19.3 Å². The summed E-state index contributed by atoms with van der Waals surface area (Å²) in [6.07, 6.45) is -0.519. The summed E-state index contributed by atoms with van der Waals surface area (Å²) in [7, 11) is 3.13. The van der Waals surface area contributed by atoms with Crippen LogP contribution in [-0.4, -0.2) is 93.7 Å². The first-order chi connectivity index (χ1) is 39.1. The fourth-order valence-corrected chi connectivity index (χ4v) is 12.5. The van der Waals surface area contributed by atoms with E-state index >= 15 is 19.2 Å². The molecule has 0 unspecified atom stereocenters. The number of nitrogens with zero attached hydrogens (tertiary/aromatic N) is 6. The molecule has 2 fully saturated rings. The summed E-state index contributed by atoms with van der Waals surface area (Å²) in [5.41, 5.74) is 5.00. The summed E-state index contributed by atoms with van der Waals surface area (Å²) in [6.45, 7) is 2.04. The molecule has 1 spiro atoms. The fraction of sp³-hybridized carbons (Fsp3) is 0.250. The van der Waals surface area contributed by atoms with E-state index < -0.39 is 65.4 Å². The largest absolute Gasteiger partial charge is 0.493 e. The maximum Gasteiger partial charge on any atom is 0.329 e. The van der Waals surface area contributed by atoms with Crippen molar-refractivity contribution < 1.29 is 43.2 Å². The van der Waals surface area contributed by atoms with Gasteiger partial charge in [0.1, 0.15) is 42.0 Å². The number of carbonyl (C=O) groups is 4. The number of hydrogen-bond acceptors (Lipinski definition) is 12. The van der Waals surface area contributed by atoms with Crippen LogP contribution in [0.15, 0.2) is 170 Å². The Balaban J connectivity index is 1.12. The number of aliphatic hydroxyl groups excluding tert-OH is 1. The molecule has 2 N–H and O–H groups in total. The number of nitrogens with one attached hydrogen (secondary N) is 1. The van der Waals surface area contributed by atoms with Crippen molar-refractivity contribution in [1.29, 1.82) is 0 Å². The number of para-hydroxylation sites is 1. The molecule has 16 heteroatoms. The molecule has 5 heterocycles. The van der Waals surface area contributed by atoms with Crippen molar-refractivity contribution in [3.8, 4) is 29.1 Å². The molecule has 0 radical (unpaired) electrons. The summed E-state index contributed by atoms with van der Waals surface area (Å²) >= 11 is 0. The number of imide groups is 1. The molecule has 12 rings (SSSR count). The van der Waals surface area contributed by atoms with Gasteiger partial charge in [-0.2, -0.15) is 0 Å². The van der Waals surface area contributed by atoms with Crippen molar-refractivity contribution in [1.82, 2.24) is 30.1 Å². The highest BCUT2D eigenvalue weighted by Gasteiger charge is 2.76. The van der Waals surface area contributed by atoms with E-state index in [-0.39, 0.29) is 38.5 Å². The molecule has 4 aliphatic rings. The average Bonchev–Trinajstić information content (AvgIpc) is 2.45. The van der Waals surface area contributed by atoms with E-state index in [4.69, 9.17) is 18.9 Å². The summed E-state index contributed by atoms with van der Waals surface area (Å²) in [5, 5.41) is 21.8. The maximum atomic E-state index is 17.2. The second kappa shape index (κ2) is 21.5. The Morgan fingerprint density at radius 1 is 0.787 bits per heavy atom. The van der Waals surface area contributed by atoms with E-state index in [1.165, 1.54) is 0 Å². The van der Waals surface area contributed by atoms with Gasteiger partial charge in [-0.25, -0.2) is 14.4 Å². The van der Waals surface area contributed by atoms with Gasteiger partial charge in [0.15, 0.2) is 11.5 Å². The highest BCUT2D eigenvalue weighted by molar-refractivity contribution is 6.24. The number of morpholine rings is 1. The minimum absolute atomic E-state index is 0.0312. The Kier molecular flexibility index (Phi) is 13.8. The van der Waals surface area contributed by atoms with Crippen LogP contribution in [-0.2, 0) is 44.0 Å². The Morgan fingerprint density at radius 2 is 1.48 bits per heavy atom. The number of cyclic esters (lactones) is 1. The molecule has 0 aliphatic carbocycles. The standard InChI is InChI=1S/C64H57N7O9/c1-40(42-18-7-4-8-19-42)65-63(76)70-51-29-28-41(17-16-31-69-52-27-14-13-26-50(52)66-67-69)35-49(51)64(62(70)75)55(60(73)68-32-30-45-37-53(77-2)54(78-3)38-47(45)39-68)57-61(74)80-58(44-22-11-6-12-23-44)56(43-20-9-5-10-21-43)71(57)59(64)46-24-15-25-48(36-46)79-34-33-72/h4-15,18-29,35-38,40,55-59,72H,30-34,39H2,1-3H3,(H,65,76)/t40-,55+,56+,57+,58-,59-,64+/m1/s1. The van der Waals surface area contributed by atoms with Gasteiger partial charge in [0.05, 0.1) is 56.1 Å². The van der Waals surface area contributed by atoms with Gasteiger partial charge in [-0.05, 0) is 107 Å². The zero-order valence-electron chi connectivity index (χ0n) is 44.3. The van der Waals surface area contributed by atoms with Crippen LogP contribution in [0.1, 0.15) is 75.7 Å². The fourth-order valence-electron chi connectivity index (χ4n) is 12.5. The van der Waals surface area contributed by atoms with Gasteiger partial charge in [0.2, 0.25) is 11.8 Å². The van der Waals surface area contributed by atoms with Gasteiger partial charge in [0, 0.05) is 18.7 Å². The number of hydrogen-bond donors (Lipinski definition) is 2. The lowest BCUT2D eigenvalue weighted by molar-refractivity contribution is -0.179. The first-order valence-electron chi connectivity index (χ1n) is 26.7. The van der Waals surface area contributed by atoms with Crippen LogP contribution < -0.4 is 24.4 Å². The van der Waals surface area contributed by atoms with E-state index in [2.05, 4.69) is 27.5 Å². The van der Waals surface area contributed by atoms with Crippen LogP contribution in [0.5, 0.6) is 17.2 Å². The second-order valence-electron chi connectivity index (χ2n) is 20.4. The Hall–Kier alpha value is -9.30. The van der Waals surface area contributed by atoms with E-state index in [0.717, 1.165) is 38.2 Å². The van der Waals surface area contributed by atoms with E-state index in [1.807, 2.05) is 145 Å². The Bertz CT molecular complexity index is 3730. The molecule has 80 heavy (non-hydrogen) atoms. The van der Waals surface area contributed by atoms with Crippen LogP contribution in [0, 0.1) is 17.8 Å². The zero-order chi connectivity index (χ0) is 55.1. The SMILES string of the molecule is COc1cc2c(cc1OC)CN(C(=O)[C@@H]1[C@H]3C(=O)O[C@H](c4ccccc4)[C@H](c4ccccc4)N3[C@H](c3cccc(OCCO)c3)[C@@]13C(=O)N(C(=O)N[C@H](C)c1ccccc1)c1ccc(C#CCn4nnc5ccccc54)cc13)CC2. The molecule has 7 atom stereocenters. The molecule has 8 aromatic rings. The summed E-state index contributed by atoms with van der Waals surface area (Å²) in [6, 6.07) is 47.6. The lowest BCUT2D eigenvalue weighted by Gasteiger charge is -2.46. The minimum atomic E-state index is -2.07. The lowest BCUT2D eigenvalue weighted by Crippen LogP contribution is -2.57. The second-order valence-corrected chi connectivity index (χ2v) is 20.4. The van der Waals surface area contributed by atoms with Crippen LogP contribution in [0.25, 0.3) is 11.0 Å². The number of aliphatic hydroxyl groups is 1. The first kappa shape index (κ1) is 51.5. The summed E-state index contributed by atoms with van der Waals surface area (Å²) in [5.74, 6) is 4.54. The number of methoxy groups -OCH3 is 2. The number of ether oxygens (including phenoxy) is 4. The third kappa shape index (κ3) is 8.84. The van der Waals surface area contributed by atoms with Crippen molar-refractivity contribution in [3.05, 3.63) is 214 Å². The third-order valence-corrected chi connectivity index (χ3v) is 16.0. The normalized spacial score (nSPS) is 21.4. The molecular weight excluding hydrogens is 1010 g/mol. The molecule has 0 bridgehead atoms. The van der Waals surface area contributed by atoms with Crippen LogP contribution in [0.3, 0.4) is 0 Å². The maximum absolute atomic E-state index is 17.2. The number of anilines is 1. The monoisotopic (exact) mass is 1070 g/mol. The number of urea groups is 1. The number of rotatable bonds is 12. The van der Waals surface area contributed by atoms with Gasteiger partial charge in [-0.1, -0.05) is 132 Å². The predicted octanol–water partition coefficient (Wildman–Crippen LogP) is 8.59. The highest BCUT2D eigenvalue weighted by atomic mass is 16.6. The van der Waals surface area contributed by atoms with Crippen molar-refractivity contribution in [2.45, 2.75) is 62.1 Å². The topological polar surface area (TPSA) is 178 Å². The predicted molar refractivity (Wildman–Crippen MR) is 297 cm³/mol. The highest BCUT2D eigenvalue weighted by Crippen LogP contribution is 2.66. The molecule has 4 aliphatic heterocycles.